The Morgan fingerprint density at radius 3 is 3.23 bits per heavy atom. The van der Waals surface area contributed by atoms with E-state index in [4.69, 9.17) is 5.73 Å². The first-order chi connectivity index (χ1) is 6.25. The van der Waals surface area contributed by atoms with E-state index in [1.54, 1.807) is 6.33 Å². The number of rotatable bonds is 2. The summed E-state index contributed by atoms with van der Waals surface area (Å²) < 4.78 is 1.98. The van der Waals surface area contributed by atoms with E-state index in [0.717, 1.165) is 18.9 Å². The van der Waals surface area contributed by atoms with E-state index in [2.05, 4.69) is 10.2 Å². The summed E-state index contributed by atoms with van der Waals surface area (Å²) in [5.74, 6) is 0.598. The summed E-state index contributed by atoms with van der Waals surface area (Å²) in [4.78, 5) is 12.6. The molecule has 0 aliphatic carbocycles. The van der Waals surface area contributed by atoms with Gasteiger partial charge in [0.1, 0.15) is 12.2 Å². The van der Waals surface area contributed by atoms with Gasteiger partial charge in [0.25, 0.3) is 0 Å². The normalized spacial score (nSPS) is 16.9. The average molecular weight is 181 g/mol. The van der Waals surface area contributed by atoms with E-state index >= 15 is 0 Å². The molecular formula is C7H11N5O. The average Bonchev–Trinajstić information content (AvgIpc) is 2.49. The summed E-state index contributed by atoms with van der Waals surface area (Å²) in [5.41, 5.74) is 5.10. The van der Waals surface area contributed by atoms with Crippen LogP contribution in [0.3, 0.4) is 0 Å². The maximum Gasteiger partial charge on any atom is 0.231 e. The largest absolute Gasteiger partial charge is 0.369 e. The van der Waals surface area contributed by atoms with Crippen LogP contribution in [0.1, 0.15) is 5.82 Å². The summed E-state index contributed by atoms with van der Waals surface area (Å²) in [6.45, 7) is 2.61. The molecule has 1 aromatic rings. The molecule has 2 rings (SSSR count). The Morgan fingerprint density at radius 2 is 2.46 bits per heavy atom. The van der Waals surface area contributed by atoms with Gasteiger partial charge in [0.2, 0.25) is 5.91 Å². The van der Waals surface area contributed by atoms with Crippen LogP contribution in [0.15, 0.2) is 6.33 Å². The lowest BCUT2D eigenvalue weighted by Crippen LogP contribution is -2.39. The Balaban J connectivity index is 2.04. The highest BCUT2D eigenvalue weighted by atomic mass is 16.1. The van der Waals surface area contributed by atoms with Crippen molar-refractivity contribution in [3.63, 3.8) is 0 Å². The van der Waals surface area contributed by atoms with Gasteiger partial charge in [-0.3, -0.25) is 9.69 Å². The van der Waals surface area contributed by atoms with Crippen LogP contribution in [-0.2, 0) is 17.9 Å². The molecule has 1 aliphatic rings. The van der Waals surface area contributed by atoms with E-state index in [0.29, 0.717) is 13.1 Å². The van der Waals surface area contributed by atoms with Crippen LogP contribution in [0.5, 0.6) is 0 Å². The number of aromatic nitrogens is 3. The van der Waals surface area contributed by atoms with Crippen molar-refractivity contribution in [1.82, 2.24) is 19.7 Å². The van der Waals surface area contributed by atoms with Crippen molar-refractivity contribution in [3.05, 3.63) is 12.2 Å². The zero-order chi connectivity index (χ0) is 9.26. The third-order valence-corrected chi connectivity index (χ3v) is 2.10. The molecule has 6 heteroatoms. The molecule has 1 amide bonds. The lowest BCUT2D eigenvalue weighted by molar-refractivity contribution is -0.119. The van der Waals surface area contributed by atoms with Gasteiger partial charge in [0.15, 0.2) is 0 Å². The van der Waals surface area contributed by atoms with E-state index < -0.39 is 0 Å². The summed E-state index contributed by atoms with van der Waals surface area (Å²) in [6.07, 6.45) is 1.71. The number of hydrogen-bond donors (Lipinski definition) is 1. The second-order valence-electron chi connectivity index (χ2n) is 3.12. The minimum absolute atomic E-state index is 0.298. The summed E-state index contributed by atoms with van der Waals surface area (Å²) in [6, 6.07) is 0. The molecule has 0 saturated carbocycles. The standard InChI is InChI=1S/C7H11N5O/c8-6(13)3-11-1-2-12-5-9-10-7(12)4-11/h5H,1-4H2,(H2,8,13). The summed E-state index contributed by atoms with van der Waals surface area (Å²) in [5, 5.41) is 7.72. The molecule has 1 aromatic heterocycles. The highest BCUT2D eigenvalue weighted by Gasteiger charge is 2.17. The lowest BCUT2D eigenvalue weighted by atomic mass is 10.3. The molecule has 0 fully saturated rings. The molecule has 70 valence electrons. The number of carbonyl (C=O) groups excluding carboxylic acids is 1. The fourth-order valence-electron chi connectivity index (χ4n) is 1.47. The molecule has 0 unspecified atom stereocenters. The van der Waals surface area contributed by atoms with Crippen LogP contribution < -0.4 is 5.73 Å². The number of hydrogen-bond acceptors (Lipinski definition) is 4. The topological polar surface area (TPSA) is 77.0 Å². The Hall–Kier alpha value is -1.43. The van der Waals surface area contributed by atoms with Gasteiger partial charge >= 0.3 is 0 Å². The molecule has 1 aliphatic heterocycles. The van der Waals surface area contributed by atoms with Gasteiger partial charge in [-0.05, 0) is 0 Å². The zero-order valence-electron chi connectivity index (χ0n) is 7.18. The molecule has 13 heavy (non-hydrogen) atoms. The molecule has 0 spiro atoms. The summed E-state index contributed by atoms with van der Waals surface area (Å²) in [7, 11) is 0. The summed E-state index contributed by atoms with van der Waals surface area (Å²) >= 11 is 0. The highest BCUT2D eigenvalue weighted by Crippen LogP contribution is 2.07. The second kappa shape index (κ2) is 3.14. The first-order valence-electron chi connectivity index (χ1n) is 4.13. The van der Waals surface area contributed by atoms with E-state index in [1.165, 1.54) is 0 Å². The minimum atomic E-state index is -0.298. The van der Waals surface area contributed by atoms with Crippen molar-refractivity contribution in [2.75, 3.05) is 13.1 Å². The molecule has 6 nitrogen and oxygen atoms in total. The predicted molar refractivity (Wildman–Crippen MR) is 44.5 cm³/mol. The van der Waals surface area contributed by atoms with Gasteiger partial charge in [-0.1, -0.05) is 0 Å². The monoisotopic (exact) mass is 181 g/mol. The van der Waals surface area contributed by atoms with Crippen LogP contribution >= 0.6 is 0 Å². The van der Waals surface area contributed by atoms with Crippen molar-refractivity contribution in [3.8, 4) is 0 Å². The molecular weight excluding hydrogens is 170 g/mol. The first-order valence-corrected chi connectivity index (χ1v) is 4.13. The fraction of sp³-hybridized carbons (Fsp3) is 0.571. The van der Waals surface area contributed by atoms with Crippen LogP contribution in [0, 0.1) is 0 Å². The maximum absolute atomic E-state index is 10.7. The fourth-order valence-corrected chi connectivity index (χ4v) is 1.47. The van der Waals surface area contributed by atoms with Crippen LogP contribution in [0.2, 0.25) is 0 Å². The number of primary amides is 1. The Kier molecular flexibility index (Phi) is 1.97. The highest BCUT2D eigenvalue weighted by molar-refractivity contribution is 5.75. The van der Waals surface area contributed by atoms with Crippen molar-refractivity contribution in [2.24, 2.45) is 5.73 Å². The van der Waals surface area contributed by atoms with Gasteiger partial charge in [-0.2, -0.15) is 0 Å². The van der Waals surface area contributed by atoms with Gasteiger partial charge < -0.3 is 10.3 Å². The van der Waals surface area contributed by atoms with Crippen molar-refractivity contribution in [1.29, 1.82) is 0 Å². The zero-order valence-corrected chi connectivity index (χ0v) is 7.18. The minimum Gasteiger partial charge on any atom is -0.369 e. The number of nitrogens with zero attached hydrogens (tertiary/aromatic N) is 4. The van der Waals surface area contributed by atoms with Crippen molar-refractivity contribution < 1.29 is 4.79 Å². The number of fused-ring (bicyclic) bond motifs is 1. The maximum atomic E-state index is 10.7. The Labute approximate surface area is 75.3 Å². The van der Waals surface area contributed by atoms with E-state index in [9.17, 15) is 4.79 Å². The first kappa shape index (κ1) is 8.18. The number of carbonyl (C=O) groups is 1. The number of amides is 1. The Bertz CT molecular complexity index is 320. The van der Waals surface area contributed by atoms with Gasteiger partial charge in [-0.15, -0.1) is 10.2 Å². The van der Waals surface area contributed by atoms with E-state index in [1.807, 2.05) is 9.47 Å². The molecule has 0 radical (unpaired) electrons. The second-order valence-corrected chi connectivity index (χ2v) is 3.12. The van der Waals surface area contributed by atoms with E-state index in [-0.39, 0.29) is 5.91 Å². The number of nitrogens with two attached hydrogens (primary N) is 1. The van der Waals surface area contributed by atoms with Crippen LogP contribution in [0.25, 0.3) is 0 Å². The lowest BCUT2D eigenvalue weighted by Gasteiger charge is -2.25. The van der Waals surface area contributed by atoms with Crippen molar-refractivity contribution in [2.45, 2.75) is 13.1 Å². The van der Waals surface area contributed by atoms with Crippen molar-refractivity contribution >= 4 is 5.91 Å². The van der Waals surface area contributed by atoms with Gasteiger partial charge in [-0.25, -0.2) is 0 Å². The molecule has 0 bridgehead atoms. The SMILES string of the molecule is NC(=O)CN1CCn2cnnc2C1. The van der Waals surface area contributed by atoms with Crippen LogP contribution in [-0.4, -0.2) is 38.7 Å². The van der Waals surface area contributed by atoms with Crippen LogP contribution in [0.4, 0.5) is 0 Å². The van der Waals surface area contributed by atoms with Gasteiger partial charge in [0, 0.05) is 13.1 Å². The third kappa shape index (κ3) is 1.67. The smallest absolute Gasteiger partial charge is 0.231 e. The Morgan fingerprint density at radius 1 is 1.62 bits per heavy atom. The molecule has 0 atom stereocenters. The predicted octanol–water partition coefficient (Wildman–Crippen LogP) is -1.42. The third-order valence-electron chi connectivity index (χ3n) is 2.10. The molecule has 2 heterocycles. The molecule has 2 N–H and O–H groups in total. The molecule has 0 aromatic carbocycles. The molecule has 0 saturated heterocycles. The quantitative estimate of drug-likeness (QED) is 0.607. The van der Waals surface area contributed by atoms with Gasteiger partial charge in [0.05, 0.1) is 13.1 Å².